The second kappa shape index (κ2) is 10.1. The van der Waals surface area contributed by atoms with Crippen LogP contribution in [0.4, 0.5) is 26.3 Å². The number of nitrogens with zero attached hydrogens (tertiary/aromatic N) is 4. The van der Waals surface area contributed by atoms with Crippen LogP contribution in [0.5, 0.6) is 5.75 Å². The van der Waals surface area contributed by atoms with Gasteiger partial charge in [0.05, 0.1) is 16.8 Å². The molecule has 0 spiro atoms. The molecule has 2 heterocycles. The molecular weight excluding hydrogens is 506 g/mol. The van der Waals surface area contributed by atoms with Crippen molar-refractivity contribution in [2.75, 3.05) is 0 Å². The van der Waals surface area contributed by atoms with Crippen molar-refractivity contribution in [1.29, 1.82) is 0 Å². The molecule has 35 heavy (non-hydrogen) atoms. The van der Waals surface area contributed by atoms with Gasteiger partial charge in [-0.3, -0.25) is 9.55 Å². The van der Waals surface area contributed by atoms with Crippen LogP contribution in [-0.4, -0.2) is 36.7 Å². The molecule has 0 radical (unpaired) electrons. The molecule has 3 rings (SSSR count). The molecule has 0 saturated heterocycles. The van der Waals surface area contributed by atoms with Gasteiger partial charge >= 0.3 is 11.9 Å². The predicted molar refractivity (Wildman–Crippen MR) is 114 cm³/mol. The summed E-state index contributed by atoms with van der Waals surface area (Å²) in [5.74, 6) is -4.63. The molecule has 1 aromatic carbocycles. The Kier molecular flexibility index (Phi) is 7.60. The maximum Gasteiger partial charge on any atom is 0.425 e. The van der Waals surface area contributed by atoms with Crippen LogP contribution >= 0.6 is 11.6 Å². The topological polar surface area (TPSA) is 82.2 Å². The Morgan fingerprint density at radius 1 is 1.26 bits per heavy atom. The van der Waals surface area contributed by atoms with Gasteiger partial charge in [-0.1, -0.05) is 11.6 Å². The lowest BCUT2D eigenvalue weighted by molar-refractivity contribution is -0.189. The van der Waals surface area contributed by atoms with E-state index < -0.39 is 64.6 Å². The third-order valence-electron chi connectivity index (χ3n) is 4.86. The van der Waals surface area contributed by atoms with Crippen molar-refractivity contribution in [1.82, 2.24) is 19.3 Å². The zero-order valence-electron chi connectivity index (χ0n) is 18.1. The minimum Gasteiger partial charge on any atom is -0.480 e. The smallest absolute Gasteiger partial charge is 0.425 e. The van der Waals surface area contributed by atoms with Crippen molar-refractivity contribution >= 4 is 23.5 Å². The van der Waals surface area contributed by atoms with Gasteiger partial charge in [0.1, 0.15) is 35.5 Å². The molecule has 0 aliphatic carbocycles. The van der Waals surface area contributed by atoms with Gasteiger partial charge in [-0.05, 0) is 26.0 Å². The van der Waals surface area contributed by atoms with Crippen molar-refractivity contribution in [2.45, 2.75) is 39.3 Å². The first-order valence-electron chi connectivity index (χ1n) is 9.92. The van der Waals surface area contributed by atoms with Crippen LogP contribution < -0.4 is 10.4 Å². The molecule has 0 saturated carbocycles. The summed E-state index contributed by atoms with van der Waals surface area (Å²) in [7, 11) is 0. The van der Waals surface area contributed by atoms with Crippen LogP contribution in [-0.2, 0) is 13.2 Å². The molecule has 1 atom stereocenters. The summed E-state index contributed by atoms with van der Waals surface area (Å²) in [5, 5.41) is 12.9. The number of benzene rings is 1. The number of rotatable bonds is 7. The number of aliphatic hydroxyl groups is 1. The number of pyridine rings is 1. The molecule has 0 fully saturated rings. The summed E-state index contributed by atoms with van der Waals surface area (Å²) >= 11 is 5.81. The minimum absolute atomic E-state index is 0.0541. The van der Waals surface area contributed by atoms with Crippen molar-refractivity contribution in [3.05, 3.63) is 68.6 Å². The van der Waals surface area contributed by atoms with Gasteiger partial charge in [-0.15, -0.1) is 5.10 Å². The molecule has 0 bridgehead atoms. The van der Waals surface area contributed by atoms with Crippen molar-refractivity contribution < 1.29 is 36.2 Å². The number of halogens is 7. The average molecular weight is 523 g/mol. The molecule has 0 unspecified atom stereocenters. The molecule has 0 aliphatic heterocycles. The lowest BCUT2D eigenvalue weighted by Crippen LogP contribution is -2.31. The predicted octanol–water partition coefficient (Wildman–Crippen LogP) is 4.67. The Labute approximate surface area is 198 Å². The molecule has 188 valence electrons. The number of aliphatic hydroxyl groups excluding tert-OH is 1. The Morgan fingerprint density at radius 3 is 2.49 bits per heavy atom. The molecule has 0 aliphatic rings. The average Bonchev–Trinajstić information content (AvgIpc) is 3.11. The first kappa shape index (κ1) is 26.3. The summed E-state index contributed by atoms with van der Waals surface area (Å²) in [5.41, 5.74) is -2.85. The van der Waals surface area contributed by atoms with E-state index in [1.807, 2.05) is 0 Å². The number of hydrogen-bond donors (Lipinski definition) is 1. The first-order valence-corrected chi connectivity index (χ1v) is 10.3. The fourth-order valence-electron chi connectivity index (χ4n) is 3.04. The molecule has 0 amide bonds. The van der Waals surface area contributed by atoms with Crippen LogP contribution in [0.1, 0.15) is 30.8 Å². The quantitative estimate of drug-likeness (QED) is 0.456. The van der Waals surface area contributed by atoms with Crippen LogP contribution in [0.15, 0.2) is 29.3 Å². The Hall–Kier alpha value is -3.32. The molecule has 7 nitrogen and oxygen atoms in total. The molecule has 2 aromatic heterocycles. The first-order chi connectivity index (χ1) is 16.4. The second-order valence-electron chi connectivity index (χ2n) is 7.12. The van der Waals surface area contributed by atoms with E-state index in [9.17, 15) is 27.5 Å². The maximum atomic E-state index is 15.1. The van der Waals surface area contributed by atoms with E-state index in [1.54, 1.807) is 6.92 Å². The Bertz CT molecular complexity index is 1320. The molecule has 14 heteroatoms. The van der Waals surface area contributed by atoms with Gasteiger partial charge in [-0.25, -0.2) is 18.0 Å². The summed E-state index contributed by atoms with van der Waals surface area (Å²) in [6.07, 6.45) is -5.07. The fraction of sp³-hybridized carbons (Fsp3) is 0.286. The molecule has 3 aromatic rings. The van der Waals surface area contributed by atoms with E-state index in [-0.39, 0.29) is 17.4 Å². The zero-order chi connectivity index (χ0) is 26.1. The van der Waals surface area contributed by atoms with Crippen molar-refractivity contribution in [2.24, 2.45) is 0 Å². The summed E-state index contributed by atoms with van der Waals surface area (Å²) in [6, 6.07) is 1.13. The number of alkyl halides is 3. The van der Waals surface area contributed by atoms with E-state index >= 15 is 8.78 Å². The summed E-state index contributed by atoms with van der Waals surface area (Å²) in [6.45, 7) is 1.56. The van der Waals surface area contributed by atoms with E-state index in [4.69, 9.17) is 16.3 Å². The Balaban J connectivity index is 2.24. The third-order valence-corrected chi connectivity index (χ3v) is 5.16. The zero-order valence-corrected chi connectivity index (χ0v) is 18.8. The second-order valence-corrected chi connectivity index (χ2v) is 7.53. The third kappa shape index (κ3) is 5.35. The van der Waals surface area contributed by atoms with Crippen LogP contribution in [0.2, 0.25) is 5.02 Å². The monoisotopic (exact) mass is 522 g/mol. The minimum atomic E-state index is -4.88. The summed E-state index contributed by atoms with van der Waals surface area (Å²) in [4.78, 5) is 16.0. The van der Waals surface area contributed by atoms with E-state index in [0.29, 0.717) is 29.8 Å². The van der Waals surface area contributed by atoms with Gasteiger partial charge in [-0.2, -0.15) is 17.9 Å². The summed E-state index contributed by atoms with van der Waals surface area (Å²) < 4.78 is 90.0. The fourth-order valence-corrected chi connectivity index (χ4v) is 3.24. The SMILES string of the molecule is CCn1c(CO)nn(-c2cc(O[C@@H](C)C(F)(F)F)c(/C(F)=C/c3c(F)cncc3Cl)cc2F)c1=O. The highest BCUT2D eigenvalue weighted by Gasteiger charge is 2.39. The Morgan fingerprint density at radius 2 is 1.94 bits per heavy atom. The van der Waals surface area contributed by atoms with Gasteiger partial charge < -0.3 is 9.84 Å². The van der Waals surface area contributed by atoms with Gasteiger partial charge in [0.25, 0.3) is 0 Å². The lowest BCUT2D eigenvalue weighted by Gasteiger charge is -2.20. The van der Waals surface area contributed by atoms with Crippen molar-refractivity contribution in [3.8, 4) is 11.4 Å². The van der Waals surface area contributed by atoms with Gasteiger partial charge in [0.15, 0.2) is 11.9 Å². The normalized spacial score (nSPS) is 13.3. The van der Waals surface area contributed by atoms with Crippen LogP contribution in [0, 0.1) is 11.6 Å². The van der Waals surface area contributed by atoms with Gasteiger partial charge in [0, 0.05) is 24.4 Å². The standard InChI is InChI=1S/C21H17ClF6N4O3/c1-3-31-19(9-33)30-32(20(31)34)17-6-18(35-10(2)21(26,27)28)12(5-15(17)24)14(23)4-11-13(22)7-29-8-16(11)25/h4-8,10,33H,3,9H2,1-2H3/b14-4-/t10-/m0/s1. The van der Waals surface area contributed by atoms with Crippen molar-refractivity contribution in [3.63, 3.8) is 0 Å². The highest BCUT2D eigenvalue weighted by Crippen LogP contribution is 2.36. The highest BCUT2D eigenvalue weighted by molar-refractivity contribution is 6.32. The maximum absolute atomic E-state index is 15.1. The van der Waals surface area contributed by atoms with E-state index in [1.165, 1.54) is 0 Å². The van der Waals surface area contributed by atoms with Crippen LogP contribution in [0.25, 0.3) is 17.6 Å². The number of aromatic nitrogens is 4. The number of hydrogen-bond acceptors (Lipinski definition) is 5. The number of ether oxygens (including phenoxy) is 1. The largest absolute Gasteiger partial charge is 0.480 e. The van der Waals surface area contributed by atoms with E-state index in [0.717, 1.165) is 17.0 Å². The lowest BCUT2D eigenvalue weighted by atomic mass is 10.1. The van der Waals surface area contributed by atoms with Gasteiger partial charge in [0.2, 0.25) is 0 Å². The molecular formula is C21H17ClF6N4O3. The van der Waals surface area contributed by atoms with Crippen LogP contribution in [0.3, 0.4) is 0 Å². The molecule has 1 N–H and O–H groups in total. The van der Waals surface area contributed by atoms with E-state index in [2.05, 4.69) is 10.1 Å². The highest BCUT2D eigenvalue weighted by atomic mass is 35.5.